The van der Waals surface area contributed by atoms with Gasteiger partial charge in [0.25, 0.3) is 0 Å². The predicted molar refractivity (Wildman–Crippen MR) is 72.6 cm³/mol. The predicted octanol–water partition coefficient (Wildman–Crippen LogP) is 3.27. The number of fused-ring (bicyclic) bond motifs is 1. The number of hydrogen-bond acceptors (Lipinski definition) is 3. The second-order valence-electron chi connectivity index (χ2n) is 4.09. The van der Waals surface area contributed by atoms with Crippen molar-refractivity contribution < 1.29 is 9.84 Å². The summed E-state index contributed by atoms with van der Waals surface area (Å²) in [5.74, 6) is 0.896. The first-order valence-corrected chi connectivity index (χ1v) is 6.14. The Hall–Kier alpha value is -2.20. The highest BCUT2D eigenvalue weighted by molar-refractivity contribution is 6.29. The van der Waals surface area contributed by atoms with Crippen LogP contribution in [0.5, 0.6) is 11.5 Å². The van der Waals surface area contributed by atoms with Gasteiger partial charge in [0, 0.05) is 6.20 Å². The van der Waals surface area contributed by atoms with Gasteiger partial charge < -0.3 is 9.84 Å². The first kappa shape index (κ1) is 11.9. The number of aromatic nitrogens is 2. The molecule has 0 saturated carbocycles. The van der Waals surface area contributed by atoms with E-state index in [1.807, 2.05) is 18.3 Å². The van der Waals surface area contributed by atoms with Crippen LogP contribution in [0.2, 0.25) is 5.15 Å². The summed E-state index contributed by atoms with van der Waals surface area (Å²) in [6, 6.07) is 12.1. The monoisotopic (exact) mass is 274 g/mol. The molecule has 3 aromatic rings. The molecule has 2 aromatic heterocycles. The maximum atomic E-state index is 9.18. The van der Waals surface area contributed by atoms with Crippen molar-refractivity contribution >= 4 is 17.2 Å². The van der Waals surface area contributed by atoms with Gasteiger partial charge in [-0.3, -0.25) is 4.40 Å². The Morgan fingerprint density at radius 2 is 1.95 bits per heavy atom. The van der Waals surface area contributed by atoms with Gasteiger partial charge in [-0.1, -0.05) is 17.7 Å². The molecule has 0 saturated heterocycles. The Labute approximate surface area is 114 Å². The molecule has 0 aliphatic heterocycles. The minimum Gasteiger partial charge on any atom is -0.508 e. The maximum Gasteiger partial charge on any atom is 0.138 e. The highest BCUT2D eigenvalue weighted by Crippen LogP contribution is 2.18. The molecule has 0 amide bonds. The van der Waals surface area contributed by atoms with Crippen molar-refractivity contribution in [2.45, 2.75) is 6.61 Å². The first-order valence-electron chi connectivity index (χ1n) is 5.77. The molecular formula is C14H11ClN2O2. The third-order valence-electron chi connectivity index (χ3n) is 2.72. The molecule has 0 aliphatic carbocycles. The lowest BCUT2D eigenvalue weighted by Gasteiger charge is -2.03. The summed E-state index contributed by atoms with van der Waals surface area (Å²) < 4.78 is 7.39. The number of benzene rings is 1. The number of phenolic OH excluding ortho intramolecular Hbond substituents is 1. The molecule has 2 heterocycles. The molecule has 0 unspecified atom stereocenters. The van der Waals surface area contributed by atoms with Gasteiger partial charge in [0.1, 0.15) is 28.9 Å². The zero-order chi connectivity index (χ0) is 13.2. The highest BCUT2D eigenvalue weighted by atomic mass is 35.5. The van der Waals surface area contributed by atoms with Crippen LogP contribution in [-0.4, -0.2) is 14.5 Å². The van der Waals surface area contributed by atoms with Crippen LogP contribution < -0.4 is 4.74 Å². The Morgan fingerprint density at radius 1 is 1.16 bits per heavy atom. The average Bonchev–Trinajstić information content (AvgIpc) is 2.83. The summed E-state index contributed by atoms with van der Waals surface area (Å²) in [5.41, 5.74) is 1.58. The second kappa shape index (κ2) is 4.82. The molecule has 0 fully saturated rings. The van der Waals surface area contributed by atoms with E-state index in [0.29, 0.717) is 17.5 Å². The van der Waals surface area contributed by atoms with Gasteiger partial charge in [0.2, 0.25) is 0 Å². The van der Waals surface area contributed by atoms with Crippen LogP contribution in [0.1, 0.15) is 5.69 Å². The molecule has 1 N–H and O–H groups in total. The van der Waals surface area contributed by atoms with E-state index < -0.39 is 0 Å². The number of nitrogens with zero attached hydrogens (tertiary/aromatic N) is 2. The van der Waals surface area contributed by atoms with Gasteiger partial charge in [0.15, 0.2) is 0 Å². The van der Waals surface area contributed by atoms with Crippen molar-refractivity contribution in [3.63, 3.8) is 0 Å². The largest absolute Gasteiger partial charge is 0.508 e. The van der Waals surface area contributed by atoms with Crippen LogP contribution in [0, 0.1) is 0 Å². The van der Waals surface area contributed by atoms with E-state index in [-0.39, 0.29) is 5.75 Å². The third-order valence-corrected chi connectivity index (χ3v) is 3.02. The Balaban J connectivity index is 1.78. The molecule has 0 aliphatic rings. The molecule has 0 atom stereocenters. The molecular weight excluding hydrogens is 264 g/mol. The van der Waals surface area contributed by atoms with Crippen LogP contribution in [-0.2, 0) is 6.61 Å². The number of hydrogen-bond donors (Lipinski definition) is 1. The normalized spacial score (nSPS) is 10.8. The lowest BCUT2D eigenvalue weighted by molar-refractivity contribution is 0.301. The van der Waals surface area contributed by atoms with Crippen molar-refractivity contribution in [2.75, 3.05) is 0 Å². The van der Waals surface area contributed by atoms with Gasteiger partial charge in [-0.25, -0.2) is 4.98 Å². The fourth-order valence-corrected chi connectivity index (χ4v) is 2.00. The minimum atomic E-state index is 0.215. The topological polar surface area (TPSA) is 46.8 Å². The SMILES string of the molecule is Oc1ccc(OCc2cn3c(Cl)cccc3n2)cc1. The van der Waals surface area contributed by atoms with Crippen molar-refractivity contribution in [1.29, 1.82) is 0 Å². The van der Waals surface area contributed by atoms with E-state index in [1.165, 1.54) is 0 Å². The van der Waals surface area contributed by atoms with Gasteiger partial charge in [-0.15, -0.1) is 0 Å². The molecule has 1 aromatic carbocycles. The van der Waals surface area contributed by atoms with E-state index in [1.54, 1.807) is 34.7 Å². The summed E-state index contributed by atoms with van der Waals surface area (Å²) in [4.78, 5) is 4.41. The Morgan fingerprint density at radius 3 is 2.68 bits per heavy atom. The van der Waals surface area contributed by atoms with Crippen LogP contribution in [0.15, 0.2) is 48.7 Å². The van der Waals surface area contributed by atoms with Crippen molar-refractivity contribution in [2.24, 2.45) is 0 Å². The molecule has 5 heteroatoms. The fourth-order valence-electron chi connectivity index (χ4n) is 1.80. The average molecular weight is 275 g/mol. The summed E-state index contributed by atoms with van der Waals surface area (Å²) in [6.07, 6.45) is 1.85. The van der Waals surface area contributed by atoms with Crippen LogP contribution in [0.25, 0.3) is 5.65 Å². The molecule has 0 radical (unpaired) electrons. The van der Waals surface area contributed by atoms with E-state index in [0.717, 1.165) is 11.3 Å². The van der Waals surface area contributed by atoms with Gasteiger partial charge in [-0.05, 0) is 36.4 Å². The van der Waals surface area contributed by atoms with Crippen LogP contribution >= 0.6 is 11.6 Å². The van der Waals surface area contributed by atoms with Crippen LogP contribution in [0.4, 0.5) is 0 Å². The number of pyridine rings is 1. The van der Waals surface area contributed by atoms with Crippen molar-refractivity contribution in [3.8, 4) is 11.5 Å². The van der Waals surface area contributed by atoms with E-state index in [2.05, 4.69) is 4.98 Å². The van der Waals surface area contributed by atoms with E-state index >= 15 is 0 Å². The number of ether oxygens (including phenoxy) is 1. The molecule has 96 valence electrons. The number of aromatic hydroxyl groups is 1. The number of phenols is 1. The van der Waals surface area contributed by atoms with E-state index in [4.69, 9.17) is 16.3 Å². The molecule has 0 spiro atoms. The maximum absolute atomic E-state index is 9.18. The number of imidazole rings is 1. The van der Waals surface area contributed by atoms with Gasteiger partial charge >= 0.3 is 0 Å². The van der Waals surface area contributed by atoms with Crippen molar-refractivity contribution in [3.05, 3.63) is 59.5 Å². The van der Waals surface area contributed by atoms with Crippen LogP contribution in [0.3, 0.4) is 0 Å². The zero-order valence-corrected chi connectivity index (χ0v) is 10.7. The third kappa shape index (κ3) is 2.48. The lowest BCUT2D eigenvalue weighted by atomic mass is 10.3. The van der Waals surface area contributed by atoms with E-state index in [9.17, 15) is 5.11 Å². The Bertz CT molecular complexity index is 707. The van der Waals surface area contributed by atoms with Crippen molar-refractivity contribution in [1.82, 2.24) is 9.38 Å². The Kier molecular flexibility index (Phi) is 3.01. The molecule has 19 heavy (non-hydrogen) atoms. The number of halogens is 1. The second-order valence-corrected chi connectivity index (χ2v) is 4.48. The minimum absolute atomic E-state index is 0.215. The molecule has 4 nitrogen and oxygen atoms in total. The first-order chi connectivity index (χ1) is 9.22. The summed E-state index contributed by atoms with van der Waals surface area (Å²) in [5, 5.41) is 9.79. The quantitative estimate of drug-likeness (QED) is 0.746. The smallest absolute Gasteiger partial charge is 0.138 e. The molecule has 3 rings (SSSR count). The zero-order valence-electron chi connectivity index (χ0n) is 9.95. The van der Waals surface area contributed by atoms with Gasteiger partial charge in [0.05, 0.1) is 5.69 Å². The fraction of sp³-hybridized carbons (Fsp3) is 0.0714. The summed E-state index contributed by atoms with van der Waals surface area (Å²) in [7, 11) is 0. The standard InChI is InChI=1S/C14H11ClN2O2/c15-13-2-1-3-14-16-10(8-17(13)14)9-19-12-6-4-11(18)5-7-12/h1-8,18H,9H2. The van der Waals surface area contributed by atoms with Gasteiger partial charge in [-0.2, -0.15) is 0 Å². The summed E-state index contributed by atoms with van der Waals surface area (Å²) in [6.45, 7) is 0.350. The summed E-state index contributed by atoms with van der Waals surface area (Å²) >= 11 is 6.06. The molecule has 0 bridgehead atoms. The highest BCUT2D eigenvalue weighted by Gasteiger charge is 2.04. The number of rotatable bonds is 3. The lowest BCUT2D eigenvalue weighted by Crippen LogP contribution is -1.95.